The molecule has 1 aromatic carbocycles. The van der Waals surface area contributed by atoms with Gasteiger partial charge in [0.25, 0.3) is 5.91 Å². The molecule has 1 atom stereocenters. The van der Waals surface area contributed by atoms with Gasteiger partial charge in [0.2, 0.25) is 10.0 Å². The van der Waals surface area contributed by atoms with E-state index in [0.29, 0.717) is 30.2 Å². The number of nitrogens with one attached hydrogen (secondary N) is 1. The minimum Gasteiger partial charge on any atom is -0.497 e. The molecule has 7 nitrogen and oxygen atoms in total. The highest BCUT2D eigenvalue weighted by Gasteiger charge is 2.27. The third-order valence-electron chi connectivity index (χ3n) is 3.73. The number of carbonyl (C=O) groups is 1. The van der Waals surface area contributed by atoms with E-state index in [-0.39, 0.29) is 11.9 Å². The molecule has 1 N–H and O–H groups in total. The van der Waals surface area contributed by atoms with Gasteiger partial charge in [-0.2, -0.15) is 0 Å². The van der Waals surface area contributed by atoms with Gasteiger partial charge in [-0.05, 0) is 25.0 Å². The highest BCUT2D eigenvalue weighted by Crippen LogP contribution is 2.26. The van der Waals surface area contributed by atoms with Crippen LogP contribution in [0.4, 0.5) is 0 Å². The summed E-state index contributed by atoms with van der Waals surface area (Å²) >= 11 is 0. The number of hydrogen-bond donors (Lipinski definition) is 1. The fraction of sp³-hybridized carbons (Fsp3) is 0.533. The quantitative estimate of drug-likeness (QED) is 0.858. The summed E-state index contributed by atoms with van der Waals surface area (Å²) < 4.78 is 35.7. The molecule has 128 valence electrons. The summed E-state index contributed by atoms with van der Waals surface area (Å²) in [6.07, 6.45) is 2.59. The Balaban J connectivity index is 2.16. The number of sulfonamides is 1. The van der Waals surface area contributed by atoms with Gasteiger partial charge in [-0.1, -0.05) is 0 Å². The molecule has 1 saturated heterocycles. The van der Waals surface area contributed by atoms with Crippen LogP contribution in [0.15, 0.2) is 18.2 Å². The third kappa shape index (κ3) is 4.59. The van der Waals surface area contributed by atoms with Crippen molar-refractivity contribution in [2.45, 2.75) is 18.9 Å². The van der Waals surface area contributed by atoms with Crippen LogP contribution in [-0.2, 0) is 10.0 Å². The van der Waals surface area contributed by atoms with E-state index in [1.165, 1.54) is 7.11 Å². The first kappa shape index (κ1) is 17.6. The number of likely N-dealkylation sites (tertiary alicyclic amines) is 1. The number of ether oxygens (including phenoxy) is 2. The first-order valence-electron chi connectivity index (χ1n) is 7.32. The van der Waals surface area contributed by atoms with Gasteiger partial charge in [0.15, 0.2) is 0 Å². The predicted molar refractivity (Wildman–Crippen MR) is 86.5 cm³/mol. The van der Waals surface area contributed by atoms with Crippen LogP contribution in [0.2, 0.25) is 0 Å². The van der Waals surface area contributed by atoms with Gasteiger partial charge < -0.3 is 14.4 Å². The lowest BCUT2D eigenvalue weighted by molar-refractivity contribution is 0.0699. The van der Waals surface area contributed by atoms with Crippen molar-refractivity contribution in [3.63, 3.8) is 0 Å². The largest absolute Gasteiger partial charge is 0.497 e. The van der Waals surface area contributed by atoms with E-state index in [1.54, 1.807) is 30.2 Å². The Bertz CT molecular complexity index is 674. The zero-order valence-corrected chi connectivity index (χ0v) is 14.4. The fourth-order valence-corrected chi connectivity index (χ4v) is 3.50. The number of hydrogen-bond acceptors (Lipinski definition) is 5. The average molecular weight is 342 g/mol. The van der Waals surface area contributed by atoms with E-state index >= 15 is 0 Å². The summed E-state index contributed by atoms with van der Waals surface area (Å²) in [5.41, 5.74) is 0.438. The van der Waals surface area contributed by atoms with Crippen molar-refractivity contribution in [3.05, 3.63) is 23.8 Å². The van der Waals surface area contributed by atoms with Crippen LogP contribution >= 0.6 is 0 Å². The highest BCUT2D eigenvalue weighted by molar-refractivity contribution is 7.88. The molecule has 0 aliphatic carbocycles. The number of carbonyl (C=O) groups excluding carboxylic acids is 1. The summed E-state index contributed by atoms with van der Waals surface area (Å²) in [7, 11) is -0.249. The SMILES string of the molecule is COc1ccc(C(=O)N2CCC[C@H](NS(C)(=O)=O)C2)c(OC)c1. The lowest BCUT2D eigenvalue weighted by atomic mass is 10.0. The van der Waals surface area contributed by atoms with Crippen molar-refractivity contribution in [2.75, 3.05) is 33.6 Å². The smallest absolute Gasteiger partial charge is 0.257 e. The van der Waals surface area contributed by atoms with Gasteiger partial charge >= 0.3 is 0 Å². The minimum absolute atomic E-state index is 0.176. The van der Waals surface area contributed by atoms with Gasteiger partial charge in [0.05, 0.1) is 26.0 Å². The molecule has 0 bridgehead atoms. The van der Waals surface area contributed by atoms with Crippen molar-refractivity contribution in [3.8, 4) is 11.5 Å². The minimum atomic E-state index is -3.29. The number of amides is 1. The lowest BCUT2D eigenvalue weighted by Crippen LogP contribution is -2.49. The second kappa shape index (κ2) is 7.18. The number of methoxy groups -OCH3 is 2. The molecule has 8 heteroatoms. The third-order valence-corrected chi connectivity index (χ3v) is 4.49. The van der Waals surface area contributed by atoms with Crippen LogP contribution in [0.25, 0.3) is 0 Å². The van der Waals surface area contributed by atoms with E-state index in [1.807, 2.05) is 0 Å². The maximum absolute atomic E-state index is 12.7. The maximum atomic E-state index is 12.7. The first-order valence-corrected chi connectivity index (χ1v) is 9.22. The first-order chi connectivity index (χ1) is 10.8. The second-order valence-electron chi connectivity index (χ2n) is 5.55. The van der Waals surface area contributed by atoms with Crippen molar-refractivity contribution >= 4 is 15.9 Å². The topological polar surface area (TPSA) is 84.9 Å². The molecule has 0 aromatic heterocycles. The molecular weight excluding hydrogens is 320 g/mol. The number of benzene rings is 1. The molecule has 1 amide bonds. The van der Waals surface area contributed by atoms with Crippen molar-refractivity contribution in [1.82, 2.24) is 9.62 Å². The second-order valence-corrected chi connectivity index (χ2v) is 7.33. The Hall–Kier alpha value is -1.80. The zero-order valence-electron chi connectivity index (χ0n) is 13.5. The van der Waals surface area contributed by atoms with E-state index in [9.17, 15) is 13.2 Å². The number of piperidine rings is 1. The Morgan fingerprint density at radius 1 is 1.30 bits per heavy atom. The summed E-state index contributed by atoms with van der Waals surface area (Å²) in [4.78, 5) is 14.4. The van der Waals surface area contributed by atoms with Crippen LogP contribution in [0.1, 0.15) is 23.2 Å². The normalized spacial score (nSPS) is 18.6. The molecule has 23 heavy (non-hydrogen) atoms. The summed E-state index contributed by atoms with van der Waals surface area (Å²) in [6, 6.07) is 4.76. The van der Waals surface area contributed by atoms with Gasteiger partial charge in [0, 0.05) is 25.2 Å². The van der Waals surface area contributed by atoms with E-state index in [4.69, 9.17) is 9.47 Å². The van der Waals surface area contributed by atoms with Crippen LogP contribution in [0.5, 0.6) is 11.5 Å². The molecule has 1 heterocycles. The van der Waals surface area contributed by atoms with Gasteiger partial charge in [-0.3, -0.25) is 4.79 Å². The Kier molecular flexibility index (Phi) is 5.48. The zero-order chi connectivity index (χ0) is 17.0. The van der Waals surface area contributed by atoms with Gasteiger partial charge in [-0.15, -0.1) is 0 Å². The van der Waals surface area contributed by atoms with Gasteiger partial charge in [0.1, 0.15) is 11.5 Å². The van der Waals surface area contributed by atoms with Crippen LogP contribution in [0.3, 0.4) is 0 Å². The van der Waals surface area contributed by atoms with Gasteiger partial charge in [-0.25, -0.2) is 13.1 Å². The van der Waals surface area contributed by atoms with E-state index < -0.39 is 10.0 Å². The monoisotopic (exact) mass is 342 g/mol. The molecule has 0 spiro atoms. The lowest BCUT2D eigenvalue weighted by Gasteiger charge is -2.33. The maximum Gasteiger partial charge on any atom is 0.257 e. The van der Waals surface area contributed by atoms with E-state index in [2.05, 4.69) is 4.72 Å². The van der Waals surface area contributed by atoms with Crippen LogP contribution in [-0.4, -0.2) is 58.8 Å². The molecule has 0 radical (unpaired) electrons. The summed E-state index contributed by atoms with van der Waals surface area (Å²) in [5.74, 6) is 0.866. The summed E-state index contributed by atoms with van der Waals surface area (Å²) in [6.45, 7) is 0.942. The Morgan fingerprint density at radius 2 is 2.04 bits per heavy atom. The molecule has 1 aromatic rings. The van der Waals surface area contributed by atoms with Crippen LogP contribution < -0.4 is 14.2 Å². The molecule has 2 rings (SSSR count). The standard InChI is InChI=1S/C15H22N2O5S/c1-21-12-6-7-13(14(9-12)22-2)15(18)17-8-4-5-11(10-17)16-23(3,19)20/h6-7,9,11,16H,4-5,8,10H2,1-3H3/t11-/m0/s1. The number of rotatable bonds is 5. The van der Waals surface area contributed by atoms with Crippen molar-refractivity contribution in [2.24, 2.45) is 0 Å². The van der Waals surface area contributed by atoms with Crippen LogP contribution in [0, 0.1) is 0 Å². The Labute approximate surface area is 136 Å². The molecule has 1 aliphatic heterocycles. The predicted octanol–water partition coefficient (Wildman–Crippen LogP) is 0.858. The molecule has 0 saturated carbocycles. The molecule has 1 fully saturated rings. The fourth-order valence-electron chi connectivity index (χ4n) is 2.71. The number of nitrogens with zero attached hydrogens (tertiary/aromatic N) is 1. The average Bonchev–Trinajstić information content (AvgIpc) is 2.52. The molecule has 0 unspecified atom stereocenters. The summed E-state index contributed by atoms with van der Waals surface area (Å²) in [5, 5.41) is 0. The molecular formula is C15H22N2O5S. The van der Waals surface area contributed by atoms with Crippen molar-refractivity contribution in [1.29, 1.82) is 0 Å². The molecule has 1 aliphatic rings. The highest BCUT2D eigenvalue weighted by atomic mass is 32.2. The van der Waals surface area contributed by atoms with Crippen molar-refractivity contribution < 1.29 is 22.7 Å². The Morgan fingerprint density at radius 3 is 2.65 bits per heavy atom. The van der Waals surface area contributed by atoms with E-state index in [0.717, 1.165) is 19.1 Å².